The van der Waals surface area contributed by atoms with Crippen LogP contribution in [-0.2, 0) is 26.5 Å². The number of benzene rings is 1. The van der Waals surface area contributed by atoms with E-state index >= 15 is 0 Å². The van der Waals surface area contributed by atoms with Crippen LogP contribution in [0.3, 0.4) is 0 Å². The molecule has 1 radical (unpaired) electrons. The molecule has 1 aliphatic rings. The maximum absolute atomic E-state index is 4.48. The average molecular weight is 447 g/mol. The summed E-state index contributed by atoms with van der Waals surface area (Å²) in [7, 11) is 0. The summed E-state index contributed by atoms with van der Waals surface area (Å²) in [5.41, 5.74) is 4.95. The second-order valence-electron chi connectivity index (χ2n) is 4.96. The van der Waals surface area contributed by atoms with Gasteiger partial charge in [-0.2, -0.15) is 11.8 Å². The van der Waals surface area contributed by atoms with Crippen LogP contribution in [0.15, 0.2) is 35.4 Å². The minimum atomic E-state index is 0. The van der Waals surface area contributed by atoms with E-state index in [1.807, 2.05) is 18.0 Å². The van der Waals surface area contributed by atoms with Crippen LogP contribution in [0.2, 0.25) is 0 Å². The maximum atomic E-state index is 4.48. The van der Waals surface area contributed by atoms with E-state index in [1.54, 1.807) is 0 Å². The Hall–Kier alpha value is -0.631. The molecule has 0 unspecified atom stereocenters. The van der Waals surface area contributed by atoms with Gasteiger partial charge in [-0.15, -0.1) is 29.3 Å². The minimum absolute atomic E-state index is 0. The molecule has 101 valence electrons. The maximum Gasteiger partial charge on any atom is 0.0163 e. The first-order valence-corrected chi connectivity index (χ1v) is 7.36. The predicted molar refractivity (Wildman–Crippen MR) is 77.0 cm³/mol. The molecule has 0 saturated carbocycles. The van der Waals surface area contributed by atoms with Crippen LogP contribution in [0.25, 0.3) is 11.3 Å². The molecule has 1 aromatic carbocycles. The zero-order valence-corrected chi connectivity index (χ0v) is 14.3. The molecule has 3 heteroatoms. The van der Waals surface area contributed by atoms with Gasteiger partial charge in [-0.3, -0.25) is 0 Å². The van der Waals surface area contributed by atoms with Crippen molar-refractivity contribution in [1.82, 2.24) is 4.98 Å². The van der Waals surface area contributed by atoms with Gasteiger partial charge in [-0.1, -0.05) is 30.4 Å². The zero-order chi connectivity index (χ0) is 12.5. The summed E-state index contributed by atoms with van der Waals surface area (Å²) in [6, 6.07) is 12.0. The smallest absolute Gasteiger partial charge is 0.0163 e. The third kappa shape index (κ3) is 3.10. The molecule has 0 saturated heterocycles. The molecule has 0 fully saturated rings. The number of pyridine rings is 1. The van der Waals surface area contributed by atoms with Crippen molar-refractivity contribution in [3.8, 4) is 11.3 Å². The Morgan fingerprint density at radius 2 is 2.16 bits per heavy atom. The summed E-state index contributed by atoms with van der Waals surface area (Å²) in [6.07, 6.45) is 3.08. The van der Waals surface area contributed by atoms with Crippen LogP contribution >= 0.6 is 11.8 Å². The van der Waals surface area contributed by atoms with Crippen molar-refractivity contribution in [2.45, 2.75) is 31.1 Å². The van der Waals surface area contributed by atoms with Crippen LogP contribution in [0, 0.1) is 6.07 Å². The zero-order valence-electron chi connectivity index (χ0n) is 11.1. The fraction of sp³-hybridized carbons (Fsp3) is 0.312. The Morgan fingerprint density at radius 1 is 1.32 bits per heavy atom. The number of hydrogen-bond donors (Lipinski definition) is 0. The van der Waals surface area contributed by atoms with Gasteiger partial charge in [0.15, 0.2) is 0 Å². The normalized spacial score (nSPS) is 13.2. The van der Waals surface area contributed by atoms with Crippen molar-refractivity contribution in [2.75, 3.05) is 5.75 Å². The molecule has 1 aliphatic heterocycles. The van der Waals surface area contributed by atoms with Crippen LogP contribution in [0.1, 0.15) is 30.9 Å². The van der Waals surface area contributed by atoms with E-state index in [0.29, 0.717) is 5.92 Å². The largest absolute Gasteiger partial charge is 0.305 e. The van der Waals surface area contributed by atoms with E-state index in [2.05, 4.69) is 49.2 Å². The number of hydrogen-bond acceptors (Lipinski definition) is 2. The van der Waals surface area contributed by atoms with Crippen LogP contribution < -0.4 is 0 Å². The topological polar surface area (TPSA) is 12.9 Å². The quantitative estimate of drug-likeness (QED) is 0.638. The molecule has 0 spiro atoms. The van der Waals surface area contributed by atoms with E-state index in [4.69, 9.17) is 0 Å². The van der Waals surface area contributed by atoms with E-state index in [9.17, 15) is 0 Å². The molecule has 2 aromatic rings. The van der Waals surface area contributed by atoms with E-state index in [-0.39, 0.29) is 20.1 Å². The number of aromatic nitrogens is 1. The fourth-order valence-corrected chi connectivity index (χ4v) is 3.26. The second kappa shape index (κ2) is 6.21. The Morgan fingerprint density at radius 3 is 2.95 bits per heavy atom. The summed E-state index contributed by atoms with van der Waals surface area (Å²) in [4.78, 5) is 5.87. The number of thioether (sulfide) groups is 1. The molecule has 0 bridgehead atoms. The summed E-state index contributed by atoms with van der Waals surface area (Å²) >= 11 is 1.93. The minimum Gasteiger partial charge on any atom is -0.305 e. The molecule has 19 heavy (non-hydrogen) atoms. The first-order valence-electron chi connectivity index (χ1n) is 6.38. The van der Waals surface area contributed by atoms with Crippen LogP contribution in [0.5, 0.6) is 0 Å². The Balaban J connectivity index is 0.00000133. The fourth-order valence-electron chi connectivity index (χ4n) is 2.22. The van der Waals surface area contributed by atoms with Gasteiger partial charge in [0.25, 0.3) is 0 Å². The summed E-state index contributed by atoms with van der Waals surface area (Å²) in [5.74, 6) is 1.74. The Kier molecular flexibility index (Phi) is 4.83. The molecule has 2 heterocycles. The van der Waals surface area contributed by atoms with Gasteiger partial charge in [-0.05, 0) is 29.9 Å². The van der Waals surface area contributed by atoms with Gasteiger partial charge in [0, 0.05) is 26.3 Å². The van der Waals surface area contributed by atoms with Crippen LogP contribution in [0.4, 0.5) is 0 Å². The molecular weight excluding hydrogens is 430 g/mol. The first kappa shape index (κ1) is 14.8. The number of fused-ring (bicyclic) bond motifs is 1. The summed E-state index contributed by atoms with van der Waals surface area (Å²) in [6.45, 7) is 4.42. The Bertz CT molecular complexity index is 581. The Labute approximate surface area is 132 Å². The molecule has 1 nitrogen and oxygen atoms in total. The number of aryl methyl sites for hydroxylation is 1. The third-order valence-corrected chi connectivity index (χ3v) is 4.45. The van der Waals surface area contributed by atoms with Gasteiger partial charge < -0.3 is 4.98 Å². The van der Waals surface area contributed by atoms with E-state index < -0.39 is 0 Å². The van der Waals surface area contributed by atoms with Crippen molar-refractivity contribution in [3.05, 3.63) is 47.7 Å². The molecule has 1 aromatic heterocycles. The third-order valence-electron chi connectivity index (χ3n) is 3.35. The predicted octanol–water partition coefficient (Wildman–Crippen LogP) is 4.32. The molecular formula is C16H16IrNS-. The average Bonchev–Trinajstić information content (AvgIpc) is 2.86. The van der Waals surface area contributed by atoms with Crippen molar-refractivity contribution in [3.63, 3.8) is 0 Å². The van der Waals surface area contributed by atoms with Crippen LogP contribution in [-0.4, -0.2) is 10.7 Å². The van der Waals surface area contributed by atoms with Gasteiger partial charge in [-0.25, -0.2) is 0 Å². The van der Waals surface area contributed by atoms with Crippen molar-refractivity contribution in [2.24, 2.45) is 0 Å². The van der Waals surface area contributed by atoms with E-state index in [0.717, 1.165) is 11.3 Å². The molecule has 3 rings (SSSR count). The summed E-state index contributed by atoms with van der Waals surface area (Å²) in [5, 5.41) is 0. The number of nitrogens with zero attached hydrogens (tertiary/aromatic N) is 1. The SMILES string of the molecule is CC(C)c1ccnc(-c2[c-]cc3c(c2)CCS3)c1.[Ir]. The monoisotopic (exact) mass is 447 g/mol. The molecule has 0 N–H and O–H groups in total. The van der Waals surface area contributed by atoms with Gasteiger partial charge in [0.05, 0.1) is 0 Å². The molecule has 0 amide bonds. The molecule has 0 aliphatic carbocycles. The van der Waals surface area contributed by atoms with Crippen molar-refractivity contribution >= 4 is 11.8 Å². The van der Waals surface area contributed by atoms with Gasteiger partial charge >= 0.3 is 0 Å². The second-order valence-corrected chi connectivity index (χ2v) is 6.10. The van der Waals surface area contributed by atoms with Crippen molar-refractivity contribution in [1.29, 1.82) is 0 Å². The van der Waals surface area contributed by atoms with E-state index in [1.165, 1.54) is 28.2 Å². The molecule has 0 atom stereocenters. The van der Waals surface area contributed by atoms with Crippen molar-refractivity contribution < 1.29 is 20.1 Å². The first-order chi connectivity index (χ1) is 8.74. The number of rotatable bonds is 2. The van der Waals surface area contributed by atoms with Gasteiger partial charge in [0.2, 0.25) is 0 Å². The standard InChI is InChI=1S/C16H16NS.Ir/c1-11(2)12-5-7-17-15(10-12)13-3-4-16-14(9-13)6-8-18-16;/h4-5,7,9-11H,6,8H2,1-2H3;/q-1;. The summed E-state index contributed by atoms with van der Waals surface area (Å²) < 4.78 is 0. The van der Waals surface area contributed by atoms with Gasteiger partial charge in [0.1, 0.15) is 0 Å².